The summed E-state index contributed by atoms with van der Waals surface area (Å²) in [4.78, 5) is 0. The Labute approximate surface area is 74.0 Å². The normalized spacial score (nSPS) is 26.2. The average Bonchev–Trinajstić information content (AvgIpc) is 2.27. The molecule has 0 saturated heterocycles. The summed E-state index contributed by atoms with van der Waals surface area (Å²) in [5, 5.41) is 9.43. The zero-order valence-corrected chi connectivity index (χ0v) is 6.80. The number of aliphatic hydroxyl groups excluding tert-OH is 1. The van der Waals surface area contributed by atoms with Gasteiger partial charge in [-0.25, -0.2) is 8.78 Å². The van der Waals surface area contributed by atoms with Crippen LogP contribution in [0.4, 0.5) is 8.78 Å². The maximum atomic E-state index is 13.1. The Bertz CT molecular complexity index is 354. The molecule has 1 aliphatic rings. The van der Waals surface area contributed by atoms with Gasteiger partial charge in [-0.2, -0.15) is 0 Å². The largest absolute Gasteiger partial charge is 0.387 e. The first-order valence-corrected chi connectivity index (χ1v) is 4.01. The van der Waals surface area contributed by atoms with Gasteiger partial charge in [0.1, 0.15) is 11.6 Å². The smallest absolute Gasteiger partial charge is 0.132 e. The van der Waals surface area contributed by atoms with Gasteiger partial charge >= 0.3 is 0 Å². The van der Waals surface area contributed by atoms with Gasteiger partial charge in [-0.3, -0.25) is 0 Å². The summed E-state index contributed by atoms with van der Waals surface area (Å²) >= 11 is 0. The van der Waals surface area contributed by atoms with Crippen LogP contribution in [-0.4, -0.2) is 11.1 Å². The summed E-state index contributed by atoms with van der Waals surface area (Å²) in [6, 6.07) is 1.46. The molecular formula is C9H9F2NO. The van der Waals surface area contributed by atoms with Crippen molar-refractivity contribution in [2.45, 2.75) is 18.6 Å². The van der Waals surface area contributed by atoms with E-state index in [2.05, 4.69) is 0 Å². The lowest BCUT2D eigenvalue weighted by molar-refractivity contribution is 0.155. The van der Waals surface area contributed by atoms with Gasteiger partial charge in [0.05, 0.1) is 6.10 Å². The fourth-order valence-electron chi connectivity index (χ4n) is 1.72. The lowest BCUT2D eigenvalue weighted by atomic mass is 10.1. The second-order valence-electron chi connectivity index (χ2n) is 3.27. The molecule has 0 aliphatic heterocycles. The predicted molar refractivity (Wildman–Crippen MR) is 43.0 cm³/mol. The number of fused-ring (bicyclic) bond motifs is 1. The lowest BCUT2D eigenvalue weighted by Crippen LogP contribution is -2.24. The predicted octanol–water partition coefficient (Wildman–Crippen LogP) is 0.882. The molecule has 1 aromatic carbocycles. The molecule has 4 heteroatoms. The summed E-state index contributed by atoms with van der Waals surface area (Å²) in [5.74, 6) is -1.34. The van der Waals surface area contributed by atoms with Crippen molar-refractivity contribution >= 4 is 0 Å². The van der Waals surface area contributed by atoms with Crippen LogP contribution in [0.25, 0.3) is 0 Å². The van der Waals surface area contributed by atoms with Gasteiger partial charge in [0.25, 0.3) is 0 Å². The first kappa shape index (κ1) is 8.59. The van der Waals surface area contributed by atoms with Gasteiger partial charge in [0.2, 0.25) is 0 Å². The van der Waals surface area contributed by atoms with Crippen molar-refractivity contribution in [2.24, 2.45) is 5.73 Å². The molecule has 2 rings (SSSR count). The van der Waals surface area contributed by atoms with Crippen molar-refractivity contribution in [1.29, 1.82) is 0 Å². The molecule has 1 aliphatic carbocycles. The SMILES string of the molecule is N[C@H]1Cc2cc(F)cc(F)c2[C@H]1O. The van der Waals surface area contributed by atoms with E-state index in [1.807, 2.05) is 0 Å². The molecule has 0 radical (unpaired) electrons. The molecule has 0 unspecified atom stereocenters. The van der Waals surface area contributed by atoms with Crippen LogP contribution in [0.1, 0.15) is 17.2 Å². The van der Waals surface area contributed by atoms with Gasteiger partial charge in [-0.1, -0.05) is 0 Å². The zero-order chi connectivity index (χ0) is 9.59. The molecule has 2 atom stereocenters. The first-order chi connectivity index (χ1) is 6.09. The molecule has 70 valence electrons. The summed E-state index contributed by atoms with van der Waals surface area (Å²) in [5.41, 5.74) is 6.13. The average molecular weight is 185 g/mol. The maximum absolute atomic E-state index is 13.1. The van der Waals surface area contributed by atoms with Gasteiger partial charge in [0, 0.05) is 17.7 Å². The fourth-order valence-corrected chi connectivity index (χ4v) is 1.72. The second-order valence-corrected chi connectivity index (χ2v) is 3.27. The highest BCUT2D eigenvalue weighted by Gasteiger charge is 2.31. The molecular weight excluding hydrogens is 176 g/mol. The van der Waals surface area contributed by atoms with E-state index >= 15 is 0 Å². The second kappa shape index (κ2) is 2.75. The number of halogens is 2. The Hall–Kier alpha value is -1.00. The van der Waals surface area contributed by atoms with Gasteiger partial charge in [-0.15, -0.1) is 0 Å². The van der Waals surface area contributed by atoms with Crippen molar-refractivity contribution < 1.29 is 13.9 Å². The number of benzene rings is 1. The maximum Gasteiger partial charge on any atom is 0.132 e. The Balaban J connectivity index is 2.57. The quantitative estimate of drug-likeness (QED) is 0.630. The lowest BCUT2D eigenvalue weighted by Gasteiger charge is -2.08. The van der Waals surface area contributed by atoms with Crippen LogP contribution in [0, 0.1) is 11.6 Å². The Morgan fingerprint density at radius 2 is 2.08 bits per heavy atom. The molecule has 0 aromatic heterocycles. The fraction of sp³-hybridized carbons (Fsp3) is 0.333. The summed E-state index contributed by atoms with van der Waals surface area (Å²) in [6.45, 7) is 0. The van der Waals surface area contributed by atoms with E-state index in [0.717, 1.165) is 6.07 Å². The van der Waals surface area contributed by atoms with Crippen LogP contribution in [0.15, 0.2) is 12.1 Å². The van der Waals surface area contributed by atoms with Crippen LogP contribution >= 0.6 is 0 Å². The Kier molecular flexibility index (Phi) is 1.82. The third kappa shape index (κ3) is 1.22. The third-order valence-electron chi connectivity index (χ3n) is 2.34. The number of hydrogen-bond donors (Lipinski definition) is 2. The monoisotopic (exact) mass is 185 g/mol. The number of rotatable bonds is 0. The summed E-state index contributed by atoms with van der Waals surface area (Å²) in [7, 11) is 0. The molecule has 13 heavy (non-hydrogen) atoms. The molecule has 0 fully saturated rings. The molecule has 0 amide bonds. The van der Waals surface area contributed by atoms with Crippen molar-refractivity contribution in [3.8, 4) is 0 Å². The first-order valence-electron chi connectivity index (χ1n) is 4.01. The van der Waals surface area contributed by atoms with Gasteiger partial charge in [-0.05, 0) is 18.1 Å². The molecule has 1 aromatic rings. The molecule has 0 heterocycles. The van der Waals surface area contributed by atoms with E-state index < -0.39 is 23.8 Å². The standard InChI is InChI=1S/C9H9F2NO/c10-5-1-4-2-7(12)9(13)8(4)6(11)3-5/h1,3,7,9,13H,2,12H2/t7-,9-/m0/s1. The van der Waals surface area contributed by atoms with E-state index in [4.69, 9.17) is 5.73 Å². The van der Waals surface area contributed by atoms with Crippen molar-refractivity contribution in [3.63, 3.8) is 0 Å². The summed E-state index contributed by atoms with van der Waals surface area (Å²) < 4.78 is 25.8. The van der Waals surface area contributed by atoms with E-state index in [1.54, 1.807) is 0 Å². The highest BCUT2D eigenvalue weighted by molar-refractivity contribution is 5.37. The zero-order valence-electron chi connectivity index (χ0n) is 6.80. The minimum absolute atomic E-state index is 0.147. The molecule has 2 nitrogen and oxygen atoms in total. The molecule has 0 saturated carbocycles. The molecule has 0 bridgehead atoms. The Morgan fingerprint density at radius 1 is 1.38 bits per heavy atom. The van der Waals surface area contributed by atoms with Crippen molar-refractivity contribution in [3.05, 3.63) is 34.9 Å². The van der Waals surface area contributed by atoms with Crippen LogP contribution in [0.5, 0.6) is 0 Å². The number of hydrogen-bond acceptors (Lipinski definition) is 2. The molecule has 3 N–H and O–H groups in total. The minimum atomic E-state index is -1.00. The van der Waals surface area contributed by atoms with Crippen LogP contribution in [0.2, 0.25) is 0 Å². The van der Waals surface area contributed by atoms with Crippen molar-refractivity contribution in [2.75, 3.05) is 0 Å². The summed E-state index contributed by atoms with van der Waals surface area (Å²) in [6.07, 6.45) is -0.679. The van der Waals surface area contributed by atoms with Gasteiger partial charge < -0.3 is 10.8 Å². The van der Waals surface area contributed by atoms with Gasteiger partial charge in [0.15, 0.2) is 0 Å². The van der Waals surface area contributed by atoms with E-state index in [0.29, 0.717) is 12.0 Å². The number of nitrogens with two attached hydrogens (primary N) is 1. The van der Waals surface area contributed by atoms with E-state index in [9.17, 15) is 13.9 Å². The van der Waals surface area contributed by atoms with E-state index in [-0.39, 0.29) is 5.56 Å². The minimum Gasteiger partial charge on any atom is -0.387 e. The Morgan fingerprint density at radius 3 is 2.77 bits per heavy atom. The topological polar surface area (TPSA) is 46.2 Å². The number of aliphatic hydroxyl groups is 1. The van der Waals surface area contributed by atoms with Crippen molar-refractivity contribution in [1.82, 2.24) is 0 Å². The highest BCUT2D eigenvalue weighted by atomic mass is 19.1. The highest BCUT2D eigenvalue weighted by Crippen LogP contribution is 2.32. The molecule has 0 spiro atoms. The van der Waals surface area contributed by atoms with E-state index in [1.165, 1.54) is 6.07 Å². The third-order valence-corrected chi connectivity index (χ3v) is 2.34. The van der Waals surface area contributed by atoms with Crippen LogP contribution < -0.4 is 5.73 Å². The van der Waals surface area contributed by atoms with Crippen LogP contribution in [-0.2, 0) is 6.42 Å². The van der Waals surface area contributed by atoms with Crippen LogP contribution in [0.3, 0.4) is 0 Å².